The Morgan fingerprint density at radius 2 is 2.12 bits per heavy atom. The third-order valence-corrected chi connectivity index (χ3v) is 7.23. The van der Waals surface area contributed by atoms with Crippen molar-refractivity contribution in [3.05, 3.63) is 33.5 Å². The Morgan fingerprint density at radius 3 is 2.73 bits per heavy atom. The van der Waals surface area contributed by atoms with Crippen molar-refractivity contribution < 1.29 is 8.42 Å². The summed E-state index contributed by atoms with van der Waals surface area (Å²) in [5, 5.41) is 3.26. The van der Waals surface area contributed by atoms with Crippen LogP contribution in [0.5, 0.6) is 0 Å². The molecule has 0 saturated carbocycles. The molecule has 1 aromatic heterocycles. The first-order chi connectivity index (χ1) is 12.4. The van der Waals surface area contributed by atoms with Crippen molar-refractivity contribution in [1.29, 1.82) is 0 Å². The highest BCUT2D eigenvalue weighted by Gasteiger charge is 2.32. The van der Waals surface area contributed by atoms with Gasteiger partial charge in [-0.05, 0) is 37.2 Å². The average molecular weight is 459 g/mol. The molecular formula is C17H23BrN4O2S2. The van der Waals surface area contributed by atoms with Crippen LogP contribution in [0.1, 0.15) is 26.2 Å². The summed E-state index contributed by atoms with van der Waals surface area (Å²) in [6.07, 6.45) is 2.78. The van der Waals surface area contributed by atoms with Gasteiger partial charge < -0.3 is 0 Å². The smallest absolute Gasteiger partial charge is 0.217 e. The summed E-state index contributed by atoms with van der Waals surface area (Å²) < 4.78 is 27.1. The molecule has 1 aliphatic heterocycles. The Bertz CT molecular complexity index is 906. The van der Waals surface area contributed by atoms with E-state index in [1.807, 2.05) is 28.9 Å². The van der Waals surface area contributed by atoms with Gasteiger partial charge in [-0.3, -0.25) is 10.00 Å². The number of aromatic amines is 1. The molecule has 0 spiro atoms. The number of benzene rings is 1. The molecule has 1 saturated heterocycles. The Labute approximate surface area is 167 Å². The number of hydrogen-bond acceptors (Lipinski definition) is 5. The highest BCUT2D eigenvalue weighted by molar-refractivity contribution is 9.10. The van der Waals surface area contributed by atoms with Crippen LogP contribution in [0, 0.1) is 4.77 Å². The van der Waals surface area contributed by atoms with Gasteiger partial charge in [-0.15, -0.1) is 0 Å². The Hall–Kier alpha value is -1.03. The number of H-pyrrole nitrogens is 1. The van der Waals surface area contributed by atoms with E-state index in [-0.39, 0.29) is 17.5 Å². The van der Waals surface area contributed by atoms with Crippen LogP contribution in [-0.2, 0) is 16.5 Å². The van der Waals surface area contributed by atoms with Gasteiger partial charge >= 0.3 is 0 Å². The second-order valence-corrected chi connectivity index (χ2v) is 10.2. The molecule has 1 fully saturated rings. The van der Waals surface area contributed by atoms with Crippen LogP contribution in [0.2, 0.25) is 0 Å². The van der Waals surface area contributed by atoms with Crippen LogP contribution >= 0.6 is 28.1 Å². The van der Waals surface area contributed by atoms with E-state index in [4.69, 9.17) is 12.2 Å². The minimum absolute atomic E-state index is 0.0490. The molecule has 0 bridgehead atoms. The fourth-order valence-electron chi connectivity index (χ4n) is 3.16. The van der Waals surface area contributed by atoms with Crippen molar-refractivity contribution in [2.45, 2.75) is 38.9 Å². The number of hydrogen-bond donors (Lipinski definition) is 1. The minimum Gasteiger partial charge on any atom is -0.280 e. The molecular weight excluding hydrogens is 436 g/mol. The Kier molecular flexibility index (Phi) is 6.32. The fourth-order valence-corrected chi connectivity index (χ4v) is 5.38. The fraction of sp³-hybridized carbons (Fsp3) is 0.529. The van der Waals surface area contributed by atoms with Gasteiger partial charge in [0.05, 0.1) is 18.2 Å². The van der Waals surface area contributed by atoms with E-state index >= 15 is 0 Å². The number of rotatable bonds is 7. The number of unbranched alkanes of at least 4 members (excludes halogenated alkanes) is 1. The zero-order chi connectivity index (χ0) is 18.7. The molecule has 2 aromatic rings. The summed E-state index contributed by atoms with van der Waals surface area (Å²) in [6, 6.07) is 7.92. The van der Waals surface area contributed by atoms with Gasteiger partial charge in [0.15, 0.2) is 15.7 Å². The van der Waals surface area contributed by atoms with Gasteiger partial charge in [0, 0.05) is 22.6 Å². The predicted octanol–water partition coefficient (Wildman–Crippen LogP) is 3.62. The van der Waals surface area contributed by atoms with Gasteiger partial charge in [0.2, 0.25) is 4.77 Å². The molecule has 0 amide bonds. The molecule has 0 radical (unpaired) electrons. The van der Waals surface area contributed by atoms with Gasteiger partial charge in [-0.2, -0.15) is 4.98 Å². The molecule has 1 aromatic carbocycles. The lowest BCUT2D eigenvalue weighted by molar-refractivity contribution is 0.153. The monoisotopic (exact) mass is 458 g/mol. The molecule has 26 heavy (non-hydrogen) atoms. The van der Waals surface area contributed by atoms with Crippen molar-refractivity contribution in [3.63, 3.8) is 0 Å². The SMILES string of the molecule is CCCCN(Cn1[nH]c(-c2ccc(Br)cc2)nc1=S)[C@@H]1CCS(=O)(=O)C1. The molecule has 1 aliphatic rings. The van der Waals surface area contributed by atoms with Crippen LogP contribution in [0.15, 0.2) is 28.7 Å². The summed E-state index contributed by atoms with van der Waals surface area (Å²) in [7, 11) is -2.92. The maximum atomic E-state index is 11.9. The van der Waals surface area contributed by atoms with Gasteiger partial charge in [0.25, 0.3) is 0 Å². The normalized spacial score (nSPS) is 19.3. The number of halogens is 1. The summed E-state index contributed by atoms with van der Waals surface area (Å²) >= 11 is 8.84. The number of nitrogens with one attached hydrogen (secondary N) is 1. The topological polar surface area (TPSA) is 71.0 Å². The maximum Gasteiger partial charge on any atom is 0.217 e. The molecule has 1 atom stereocenters. The van der Waals surface area contributed by atoms with E-state index in [1.165, 1.54) is 0 Å². The van der Waals surface area contributed by atoms with Gasteiger partial charge in [0.1, 0.15) is 0 Å². The van der Waals surface area contributed by atoms with Crippen molar-refractivity contribution >= 4 is 38.0 Å². The minimum atomic E-state index is -2.92. The zero-order valence-corrected chi connectivity index (χ0v) is 17.9. The van der Waals surface area contributed by atoms with Crippen molar-refractivity contribution in [1.82, 2.24) is 19.7 Å². The van der Waals surface area contributed by atoms with E-state index in [0.717, 1.165) is 35.2 Å². The molecule has 142 valence electrons. The summed E-state index contributed by atoms with van der Waals surface area (Å²) in [6.45, 7) is 3.52. The van der Waals surface area contributed by atoms with Crippen molar-refractivity contribution in [3.8, 4) is 11.4 Å². The van der Waals surface area contributed by atoms with E-state index in [1.54, 1.807) is 0 Å². The average Bonchev–Trinajstić information content (AvgIpc) is 3.14. The first kappa shape index (κ1) is 19.7. The summed E-state index contributed by atoms with van der Waals surface area (Å²) in [5.41, 5.74) is 0.960. The largest absolute Gasteiger partial charge is 0.280 e. The molecule has 3 rings (SSSR count). The van der Waals surface area contributed by atoms with Crippen LogP contribution in [-0.4, -0.2) is 52.2 Å². The zero-order valence-electron chi connectivity index (χ0n) is 14.7. The molecule has 2 heterocycles. The second-order valence-electron chi connectivity index (χ2n) is 6.65. The maximum absolute atomic E-state index is 11.9. The molecule has 0 unspecified atom stereocenters. The predicted molar refractivity (Wildman–Crippen MR) is 109 cm³/mol. The third-order valence-electron chi connectivity index (χ3n) is 4.64. The lowest BCUT2D eigenvalue weighted by atomic mass is 10.2. The first-order valence-corrected chi connectivity index (χ1v) is 11.8. The van der Waals surface area contributed by atoms with Crippen LogP contribution in [0.25, 0.3) is 11.4 Å². The Morgan fingerprint density at radius 1 is 1.38 bits per heavy atom. The van der Waals surface area contributed by atoms with Crippen LogP contribution in [0.3, 0.4) is 0 Å². The molecule has 6 nitrogen and oxygen atoms in total. The lowest BCUT2D eigenvalue weighted by Gasteiger charge is -2.27. The highest BCUT2D eigenvalue weighted by atomic mass is 79.9. The number of aromatic nitrogens is 3. The van der Waals surface area contributed by atoms with Crippen LogP contribution < -0.4 is 0 Å². The summed E-state index contributed by atoms with van der Waals surface area (Å²) in [4.78, 5) is 6.68. The first-order valence-electron chi connectivity index (χ1n) is 8.75. The number of sulfone groups is 1. The van der Waals surface area contributed by atoms with Gasteiger partial charge in [-0.1, -0.05) is 41.4 Å². The lowest BCUT2D eigenvalue weighted by Crippen LogP contribution is -2.38. The van der Waals surface area contributed by atoms with E-state index in [0.29, 0.717) is 17.9 Å². The van der Waals surface area contributed by atoms with Crippen molar-refractivity contribution in [2.75, 3.05) is 18.1 Å². The quantitative estimate of drug-likeness (QED) is 0.641. The molecule has 1 N–H and O–H groups in total. The highest BCUT2D eigenvalue weighted by Crippen LogP contribution is 2.21. The standard InChI is InChI=1S/C17H23BrN4O2S2/c1-2-3-9-21(15-8-10-26(23,24)11-15)12-22-17(25)19-16(20-22)13-4-6-14(18)7-5-13/h4-7,15H,2-3,8-12H2,1H3,(H,19,20,25)/t15-/m1/s1. The molecule has 9 heteroatoms. The second kappa shape index (κ2) is 8.33. The number of nitrogens with zero attached hydrogens (tertiary/aromatic N) is 3. The van der Waals surface area contributed by atoms with Crippen molar-refractivity contribution in [2.24, 2.45) is 0 Å². The summed E-state index contributed by atoms with van der Waals surface area (Å²) in [5.74, 6) is 1.23. The third kappa shape index (κ3) is 4.82. The van der Waals surface area contributed by atoms with Crippen LogP contribution in [0.4, 0.5) is 0 Å². The van der Waals surface area contributed by atoms with E-state index in [9.17, 15) is 8.42 Å². The van der Waals surface area contributed by atoms with E-state index < -0.39 is 9.84 Å². The van der Waals surface area contributed by atoms with Gasteiger partial charge in [-0.25, -0.2) is 13.1 Å². The Balaban J connectivity index is 1.80. The molecule has 0 aliphatic carbocycles. The van der Waals surface area contributed by atoms with E-state index in [2.05, 4.69) is 37.8 Å².